The van der Waals surface area contributed by atoms with Crippen molar-refractivity contribution in [1.82, 2.24) is 9.88 Å². The van der Waals surface area contributed by atoms with Crippen LogP contribution in [0, 0.1) is 11.3 Å². The fourth-order valence-electron chi connectivity index (χ4n) is 2.09. The monoisotopic (exact) mass is 253 g/mol. The Labute approximate surface area is 114 Å². The van der Waals surface area contributed by atoms with Crippen molar-refractivity contribution in [2.24, 2.45) is 0 Å². The summed E-state index contributed by atoms with van der Waals surface area (Å²) in [6, 6.07) is 14.0. The standard InChI is InChI=1S/C16H19N3/c1-2-3-10-18-13-15-8-6-11-19(15)16-9-5-4-7-14(16)12-17/h4-9,11,18H,2-3,10,13H2,1H3. The van der Waals surface area contributed by atoms with Crippen molar-refractivity contribution in [3.05, 3.63) is 53.9 Å². The van der Waals surface area contributed by atoms with Crippen molar-refractivity contribution in [3.63, 3.8) is 0 Å². The molecule has 19 heavy (non-hydrogen) atoms. The van der Waals surface area contributed by atoms with E-state index in [2.05, 4.69) is 28.9 Å². The molecule has 0 unspecified atom stereocenters. The second-order valence-electron chi connectivity index (χ2n) is 4.53. The number of nitrogens with one attached hydrogen (secondary N) is 1. The highest BCUT2D eigenvalue weighted by molar-refractivity contribution is 5.49. The molecule has 0 spiro atoms. The van der Waals surface area contributed by atoms with E-state index in [4.69, 9.17) is 0 Å². The second-order valence-corrected chi connectivity index (χ2v) is 4.53. The first-order chi connectivity index (χ1) is 9.36. The molecule has 0 aliphatic rings. The van der Waals surface area contributed by atoms with E-state index >= 15 is 0 Å². The summed E-state index contributed by atoms with van der Waals surface area (Å²) in [5.74, 6) is 0. The molecule has 0 saturated carbocycles. The van der Waals surface area contributed by atoms with Crippen molar-refractivity contribution in [3.8, 4) is 11.8 Å². The van der Waals surface area contributed by atoms with Gasteiger partial charge in [-0.25, -0.2) is 0 Å². The second kappa shape index (κ2) is 6.77. The van der Waals surface area contributed by atoms with Crippen LogP contribution in [-0.4, -0.2) is 11.1 Å². The summed E-state index contributed by atoms with van der Waals surface area (Å²) in [6.45, 7) is 4.04. The number of nitriles is 1. The van der Waals surface area contributed by atoms with E-state index in [1.54, 1.807) is 0 Å². The fourth-order valence-corrected chi connectivity index (χ4v) is 2.09. The summed E-state index contributed by atoms with van der Waals surface area (Å²) in [4.78, 5) is 0. The smallest absolute Gasteiger partial charge is 0.101 e. The molecule has 1 aromatic carbocycles. The molecule has 98 valence electrons. The Hall–Kier alpha value is -2.05. The van der Waals surface area contributed by atoms with E-state index in [9.17, 15) is 5.26 Å². The maximum atomic E-state index is 9.18. The Kier molecular flexibility index (Phi) is 4.77. The van der Waals surface area contributed by atoms with Gasteiger partial charge >= 0.3 is 0 Å². The van der Waals surface area contributed by atoms with Crippen LogP contribution in [0.15, 0.2) is 42.6 Å². The van der Waals surface area contributed by atoms with E-state index < -0.39 is 0 Å². The summed E-state index contributed by atoms with van der Waals surface area (Å²) in [5.41, 5.74) is 2.83. The van der Waals surface area contributed by atoms with Crippen molar-refractivity contribution in [2.45, 2.75) is 26.3 Å². The molecule has 1 N–H and O–H groups in total. The van der Waals surface area contributed by atoms with Gasteiger partial charge in [0.25, 0.3) is 0 Å². The minimum absolute atomic E-state index is 0.702. The van der Waals surface area contributed by atoms with Crippen LogP contribution >= 0.6 is 0 Å². The van der Waals surface area contributed by atoms with Crippen molar-refractivity contribution < 1.29 is 0 Å². The zero-order valence-corrected chi connectivity index (χ0v) is 11.3. The Balaban J connectivity index is 2.17. The van der Waals surface area contributed by atoms with Gasteiger partial charge in [-0.1, -0.05) is 25.5 Å². The highest BCUT2D eigenvalue weighted by Crippen LogP contribution is 2.16. The van der Waals surface area contributed by atoms with Gasteiger partial charge in [0, 0.05) is 18.4 Å². The fraction of sp³-hybridized carbons (Fsp3) is 0.312. The largest absolute Gasteiger partial charge is 0.318 e. The highest BCUT2D eigenvalue weighted by Gasteiger charge is 2.06. The lowest BCUT2D eigenvalue weighted by Crippen LogP contribution is -2.16. The number of unbranched alkanes of at least 4 members (excludes halogenated alkanes) is 1. The summed E-state index contributed by atoms with van der Waals surface area (Å²) in [5, 5.41) is 12.6. The maximum Gasteiger partial charge on any atom is 0.101 e. The third-order valence-corrected chi connectivity index (χ3v) is 3.13. The molecular weight excluding hydrogens is 234 g/mol. The van der Waals surface area contributed by atoms with Crippen LogP contribution in [0.2, 0.25) is 0 Å². The first-order valence-corrected chi connectivity index (χ1v) is 6.73. The van der Waals surface area contributed by atoms with Gasteiger partial charge in [0.2, 0.25) is 0 Å². The van der Waals surface area contributed by atoms with Gasteiger partial charge in [-0.3, -0.25) is 0 Å². The molecule has 0 radical (unpaired) electrons. The molecule has 1 aromatic heterocycles. The Morgan fingerprint density at radius 3 is 2.84 bits per heavy atom. The topological polar surface area (TPSA) is 40.8 Å². The zero-order chi connectivity index (χ0) is 13.5. The normalized spacial score (nSPS) is 10.3. The van der Waals surface area contributed by atoms with E-state index in [0.717, 1.165) is 18.8 Å². The molecule has 0 saturated heterocycles. The summed E-state index contributed by atoms with van der Waals surface area (Å²) < 4.78 is 2.08. The molecule has 2 rings (SSSR count). The number of hydrogen-bond acceptors (Lipinski definition) is 2. The van der Waals surface area contributed by atoms with Crippen LogP contribution in [0.1, 0.15) is 31.0 Å². The molecule has 3 heteroatoms. The van der Waals surface area contributed by atoms with Gasteiger partial charge in [-0.05, 0) is 37.2 Å². The van der Waals surface area contributed by atoms with Gasteiger partial charge in [0.15, 0.2) is 0 Å². The van der Waals surface area contributed by atoms with Gasteiger partial charge in [0.1, 0.15) is 6.07 Å². The summed E-state index contributed by atoms with van der Waals surface area (Å²) in [6.07, 6.45) is 4.40. The van der Waals surface area contributed by atoms with Gasteiger partial charge in [0.05, 0.1) is 11.3 Å². The van der Waals surface area contributed by atoms with Crippen molar-refractivity contribution in [1.29, 1.82) is 5.26 Å². The third-order valence-electron chi connectivity index (χ3n) is 3.13. The van der Waals surface area contributed by atoms with Crippen LogP contribution in [0.5, 0.6) is 0 Å². The predicted octanol–water partition coefficient (Wildman–Crippen LogP) is 3.24. The third kappa shape index (κ3) is 3.24. The molecule has 3 nitrogen and oxygen atoms in total. The lowest BCUT2D eigenvalue weighted by atomic mass is 10.2. The summed E-state index contributed by atoms with van der Waals surface area (Å²) in [7, 11) is 0. The highest BCUT2D eigenvalue weighted by atomic mass is 15.0. The molecular formula is C16H19N3. The van der Waals surface area contributed by atoms with Crippen LogP contribution in [0.25, 0.3) is 5.69 Å². The molecule has 0 bridgehead atoms. The van der Waals surface area contributed by atoms with Crippen molar-refractivity contribution >= 4 is 0 Å². The molecule has 0 atom stereocenters. The Bertz CT molecular complexity index is 563. The van der Waals surface area contributed by atoms with E-state index in [-0.39, 0.29) is 0 Å². The molecule has 0 aliphatic heterocycles. The maximum absolute atomic E-state index is 9.18. The van der Waals surface area contributed by atoms with Crippen molar-refractivity contribution in [2.75, 3.05) is 6.54 Å². The number of benzene rings is 1. The number of rotatable bonds is 6. The molecule has 0 fully saturated rings. The van der Waals surface area contributed by atoms with Crippen LogP contribution in [-0.2, 0) is 6.54 Å². The number of hydrogen-bond donors (Lipinski definition) is 1. The first-order valence-electron chi connectivity index (χ1n) is 6.73. The minimum Gasteiger partial charge on any atom is -0.318 e. The average Bonchev–Trinajstić information content (AvgIpc) is 2.92. The minimum atomic E-state index is 0.702. The average molecular weight is 253 g/mol. The van der Waals surface area contributed by atoms with Crippen LogP contribution in [0.3, 0.4) is 0 Å². The van der Waals surface area contributed by atoms with Crippen LogP contribution < -0.4 is 5.32 Å². The lowest BCUT2D eigenvalue weighted by Gasteiger charge is -2.11. The molecule has 0 amide bonds. The lowest BCUT2D eigenvalue weighted by molar-refractivity contribution is 0.627. The SMILES string of the molecule is CCCCNCc1cccn1-c1ccccc1C#N. The first kappa shape index (κ1) is 13.4. The zero-order valence-electron chi connectivity index (χ0n) is 11.3. The van der Waals surface area contributed by atoms with Gasteiger partial charge < -0.3 is 9.88 Å². The molecule has 1 heterocycles. The number of aromatic nitrogens is 1. The number of nitrogens with zero attached hydrogens (tertiary/aromatic N) is 2. The van der Waals surface area contributed by atoms with E-state index in [0.29, 0.717) is 5.56 Å². The number of para-hydroxylation sites is 1. The summed E-state index contributed by atoms with van der Waals surface area (Å²) >= 11 is 0. The predicted molar refractivity (Wildman–Crippen MR) is 77.1 cm³/mol. The van der Waals surface area contributed by atoms with E-state index in [1.165, 1.54) is 18.5 Å². The van der Waals surface area contributed by atoms with E-state index in [1.807, 2.05) is 36.5 Å². The molecule has 0 aliphatic carbocycles. The van der Waals surface area contributed by atoms with Crippen LogP contribution in [0.4, 0.5) is 0 Å². The Morgan fingerprint density at radius 1 is 1.21 bits per heavy atom. The quantitative estimate of drug-likeness (QED) is 0.803. The molecule has 2 aromatic rings. The van der Waals surface area contributed by atoms with Gasteiger partial charge in [-0.15, -0.1) is 0 Å². The Morgan fingerprint density at radius 2 is 2.05 bits per heavy atom. The van der Waals surface area contributed by atoms with Gasteiger partial charge in [-0.2, -0.15) is 5.26 Å².